The van der Waals surface area contributed by atoms with Crippen LogP contribution in [0.15, 0.2) is 30.3 Å². The number of hydrogen-bond acceptors (Lipinski definition) is 6. The zero-order valence-corrected chi connectivity index (χ0v) is 16.1. The van der Waals surface area contributed by atoms with Gasteiger partial charge in [-0.05, 0) is 44.0 Å². The van der Waals surface area contributed by atoms with Crippen molar-refractivity contribution in [2.75, 3.05) is 49.1 Å². The molecule has 7 nitrogen and oxygen atoms in total. The minimum Gasteiger partial charge on any atom is -0.356 e. The third-order valence-electron chi connectivity index (χ3n) is 5.37. The fourth-order valence-corrected chi connectivity index (χ4v) is 3.77. The number of anilines is 2. The molecule has 2 aliphatic heterocycles. The summed E-state index contributed by atoms with van der Waals surface area (Å²) in [7, 11) is 0. The highest BCUT2D eigenvalue weighted by atomic mass is 16.2. The lowest BCUT2D eigenvalue weighted by Crippen LogP contribution is -2.49. The maximum Gasteiger partial charge on any atom is 0.253 e. The van der Waals surface area contributed by atoms with Crippen LogP contribution in [-0.4, -0.2) is 60.0 Å². The Kier molecular flexibility index (Phi) is 5.11. The van der Waals surface area contributed by atoms with Gasteiger partial charge in [-0.3, -0.25) is 4.79 Å². The van der Waals surface area contributed by atoms with Crippen LogP contribution in [-0.2, 0) is 0 Å². The van der Waals surface area contributed by atoms with E-state index < -0.39 is 0 Å². The van der Waals surface area contributed by atoms with Crippen molar-refractivity contribution in [3.05, 3.63) is 47.2 Å². The average Bonchev–Trinajstić information content (AvgIpc) is 3.28. The van der Waals surface area contributed by atoms with Gasteiger partial charge in [0.15, 0.2) is 0 Å². The molecule has 0 aliphatic carbocycles. The Morgan fingerprint density at radius 2 is 1.64 bits per heavy atom. The van der Waals surface area contributed by atoms with Crippen LogP contribution in [0.4, 0.5) is 11.8 Å². The number of carbonyl (C=O) groups excluding carboxylic acids is 1. The molecule has 2 aliphatic rings. The predicted molar refractivity (Wildman–Crippen MR) is 107 cm³/mol. The molecule has 0 atom stereocenters. The third kappa shape index (κ3) is 3.77. The molecule has 0 radical (unpaired) electrons. The Bertz CT molecular complexity index is 890. The molecule has 1 aromatic heterocycles. The highest BCUT2D eigenvalue weighted by molar-refractivity contribution is 5.94. The highest BCUT2D eigenvalue weighted by Gasteiger charge is 2.24. The zero-order chi connectivity index (χ0) is 19.5. The maximum absolute atomic E-state index is 12.7. The fraction of sp³-hybridized carbons (Fsp3) is 0.429. The summed E-state index contributed by atoms with van der Waals surface area (Å²) in [6.45, 7) is 6.82. The van der Waals surface area contributed by atoms with Gasteiger partial charge in [-0.1, -0.05) is 0 Å². The summed E-state index contributed by atoms with van der Waals surface area (Å²) in [6.07, 6.45) is 2.43. The smallest absolute Gasteiger partial charge is 0.253 e. The number of hydrogen-bond donors (Lipinski definition) is 0. The van der Waals surface area contributed by atoms with E-state index >= 15 is 0 Å². The van der Waals surface area contributed by atoms with Crippen molar-refractivity contribution in [2.24, 2.45) is 0 Å². The number of amides is 1. The summed E-state index contributed by atoms with van der Waals surface area (Å²) in [4.78, 5) is 28.5. The van der Waals surface area contributed by atoms with Gasteiger partial charge in [0.2, 0.25) is 5.95 Å². The molecule has 144 valence electrons. The lowest BCUT2D eigenvalue weighted by atomic mass is 10.1. The molecular weight excluding hydrogens is 352 g/mol. The highest BCUT2D eigenvalue weighted by Crippen LogP contribution is 2.22. The van der Waals surface area contributed by atoms with Crippen LogP contribution < -0.4 is 9.80 Å². The maximum atomic E-state index is 12.7. The first kappa shape index (κ1) is 18.2. The number of nitrogens with zero attached hydrogens (tertiary/aromatic N) is 6. The Morgan fingerprint density at radius 3 is 2.29 bits per heavy atom. The molecule has 2 aromatic rings. The Morgan fingerprint density at radius 1 is 0.964 bits per heavy atom. The van der Waals surface area contributed by atoms with Crippen LogP contribution in [0.25, 0.3) is 0 Å². The number of carbonyl (C=O) groups is 1. The number of nitriles is 1. The molecule has 2 saturated heterocycles. The summed E-state index contributed by atoms with van der Waals surface area (Å²) in [5, 5.41) is 8.90. The van der Waals surface area contributed by atoms with Gasteiger partial charge in [-0.25, -0.2) is 4.98 Å². The van der Waals surface area contributed by atoms with E-state index in [2.05, 4.69) is 26.9 Å². The number of piperazine rings is 1. The molecule has 3 heterocycles. The monoisotopic (exact) mass is 376 g/mol. The van der Waals surface area contributed by atoms with Crippen LogP contribution in [0.1, 0.15) is 34.5 Å². The summed E-state index contributed by atoms with van der Waals surface area (Å²) in [5.74, 6) is 1.77. The lowest BCUT2D eigenvalue weighted by Gasteiger charge is -2.35. The van der Waals surface area contributed by atoms with E-state index in [0.717, 1.165) is 30.5 Å². The summed E-state index contributed by atoms with van der Waals surface area (Å²) < 4.78 is 0. The van der Waals surface area contributed by atoms with Crippen molar-refractivity contribution < 1.29 is 4.79 Å². The molecule has 4 rings (SSSR count). The van der Waals surface area contributed by atoms with Crippen molar-refractivity contribution in [1.82, 2.24) is 14.9 Å². The second kappa shape index (κ2) is 7.85. The lowest BCUT2D eigenvalue weighted by molar-refractivity contribution is 0.0746. The Balaban J connectivity index is 1.42. The minimum absolute atomic E-state index is 0.00653. The van der Waals surface area contributed by atoms with Gasteiger partial charge < -0.3 is 14.7 Å². The quantitative estimate of drug-likeness (QED) is 0.818. The van der Waals surface area contributed by atoms with Gasteiger partial charge >= 0.3 is 0 Å². The molecule has 0 bridgehead atoms. The van der Waals surface area contributed by atoms with Crippen molar-refractivity contribution in [3.8, 4) is 6.07 Å². The first-order valence-electron chi connectivity index (χ1n) is 9.79. The molecule has 2 fully saturated rings. The summed E-state index contributed by atoms with van der Waals surface area (Å²) >= 11 is 0. The standard InChI is InChI=1S/C21H24N6O/c1-16-14-19(25-8-2-3-9-25)24-21(23-16)27-12-10-26(11-13-27)20(28)18-6-4-17(15-22)5-7-18/h4-7,14H,2-3,8-13H2,1H3. The summed E-state index contributed by atoms with van der Waals surface area (Å²) in [6, 6.07) is 10.9. The molecule has 1 aromatic carbocycles. The van der Waals surface area contributed by atoms with Crippen molar-refractivity contribution in [3.63, 3.8) is 0 Å². The van der Waals surface area contributed by atoms with Crippen molar-refractivity contribution >= 4 is 17.7 Å². The van der Waals surface area contributed by atoms with Gasteiger partial charge in [0, 0.05) is 56.6 Å². The molecule has 1 amide bonds. The molecular formula is C21H24N6O. The van der Waals surface area contributed by atoms with E-state index in [0.29, 0.717) is 37.3 Å². The van der Waals surface area contributed by atoms with Crippen LogP contribution in [0.2, 0.25) is 0 Å². The van der Waals surface area contributed by atoms with Gasteiger partial charge in [0.1, 0.15) is 5.82 Å². The fourth-order valence-electron chi connectivity index (χ4n) is 3.77. The Labute approximate surface area is 165 Å². The van der Waals surface area contributed by atoms with Crippen molar-refractivity contribution in [2.45, 2.75) is 19.8 Å². The average molecular weight is 376 g/mol. The summed E-state index contributed by atoms with van der Waals surface area (Å²) in [5.41, 5.74) is 2.16. The van der Waals surface area contributed by atoms with Gasteiger partial charge in [0.05, 0.1) is 11.6 Å². The topological polar surface area (TPSA) is 76.4 Å². The molecule has 0 spiro atoms. The third-order valence-corrected chi connectivity index (χ3v) is 5.37. The molecule has 0 saturated carbocycles. The predicted octanol–water partition coefficient (Wildman–Crippen LogP) is 2.22. The zero-order valence-electron chi connectivity index (χ0n) is 16.1. The first-order valence-corrected chi connectivity index (χ1v) is 9.79. The molecule has 28 heavy (non-hydrogen) atoms. The van der Waals surface area contributed by atoms with Crippen LogP contribution in [0, 0.1) is 18.3 Å². The van der Waals surface area contributed by atoms with Crippen LogP contribution in [0.5, 0.6) is 0 Å². The first-order chi connectivity index (χ1) is 13.6. The van der Waals surface area contributed by atoms with Crippen molar-refractivity contribution in [1.29, 1.82) is 5.26 Å². The van der Waals surface area contributed by atoms with E-state index in [1.54, 1.807) is 24.3 Å². The normalized spacial score (nSPS) is 16.9. The van der Waals surface area contributed by atoms with E-state index in [1.165, 1.54) is 12.8 Å². The van der Waals surface area contributed by atoms with E-state index in [-0.39, 0.29) is 5.91 Å². The SMILES string of the molecule is Cc1cc(N2CCCC2)nc(N2CCN(C(=O)c3ccc(C#N)cc3)CC2)n1. The molecule has 0 N–H and O–H groups in total. The second-order valence-corrected chi connectivity index (χ2v) is 7.33. The van der Waals surface area contributed by atoms with E-state index in [9.17, 15) is 4.79 Å². The van der Waals surface area contributed by atoms with E-state index in [1.807, 2.05) is 11.8 Å². The molecule has 0 unspecified atom stereocenters. The number of benzene rings is 1. The molecule has 7 heteroatoms. The number of rotatable bonds is 3. The largest absolute Gasteiger partial charge is 0.356 e. The second-order valence-electron chi connectivity index (χ2n) is 7.33. The van der Waals surface area contributed by atoms with E-state index in [4.69, 9.17) is 10.2 Å². The van der Waals surface area contributed by atoms with Crippen LogP contribution in [0.3, 0.4) is 0 Å². The van der Waals surface area contributed by atoms with Gasteiger partial charge in [-0.2, -0.15) is 10.2 Å². The number of aromatic nitrogens is 2. The van der Waals surface area contributed by atoms with Gasteiger partial charge in [-0.15, -0.1) is 0 Å². The minimum atomic E-state index is 0.00653. The number of aryl methyl sites for hydroxylation is 1. The van der Waals surface area contributed by atoms with Gasteiger partial charge in [0.25, 0.3) is 5.91 Å². The van der Waals surface area contributed by atoms with Crippen LogP contribution >= 0.6 is 0 Å². The Hall–Kier alpha value is -3.14.